The van der Waals surface area contributed by atoms with Crippen LogP contribution < -0.4 is 4.74 Å². The number of nitrogens with zero attached hydrogens (tertiary/aromatic N) is 2. The lowest BCUT2D eigenvalue weighted by Gasteiger charge is -2.25. The van der Waals surface area contributed by atoms with Gasteiger partial charge in [-0.15, -0.1) is 0 Å². The van der Waals surface area contributed by atoms with Gasteiger partial charge in [-0.25, -0.2) is 4.79 Å². The number of hydrogen-bond donors (Lipinski definition) is 1. The van der Waals surface area contributed by atoms with Gasteiger partial charge in [-0.05, 0) is 55.0 Å². The van der Waals surface area contributed by atoms with E-state index in [9.17, 15) is 4.79 Å². The Labute approximate surface area is 190 Å². The van der Waals surface area contributed by atoms with Gasteiger partial charge in [0.2, 0.25) is 0 Å². The van der Waals surface area contributed by atoms with E-state index in [1.807, 2.05) is 43.4 Å². The minimum absolute atomic E-state index is 0.176. The fraction of sp³-hybridized carbons (Fsp3) is 0.280. The van der Waals surface area contributed by atoms with Crippen molar-refractivity contribution in [2.24, 2.45) is 4.99 Å². The highest BCUT2D eigenvalue weighted by Gasteiger charge is 2.15. The first kappa shape index (κ1) is 26.0. The maximum atomic E-state index is 9.60. The molecule has 1 aliphatic heterocycles. The van der Waals surface area contributed by atoms with Gasteiger partial charge in [0.1, 0.15) is 12.4 Å². The zero-order valence-corrected chi connectivity index (χ0v) is 19.6. The number of ether oxygens (including phenoxy) is 1. The third-order valence-corrected chi connectivity index (χ3v) is 4.24. The van der Waals surface area contributed by atoms with Crippen LogP contribution in [0.1, 0.15) is 38.3 Å². The summed E-state index contributed by atoms with van der Waals surface area (Å²) in [4.78, 5) is 16.3. The number of halogens is 1. The SMILES string of the molecule is C=C(C)C(=O)O.CCC.COc1ccc(C2=CC(c3cccc(Cl)c3)=NCN2C)cc1. The van der Waals surface area contributed by atoms with Gasteiger partial charge in [-0.2, -0.15) is 0 Å². The van der Waals surface area contributed by atoms with Crippen molar-refractivity contribution in [2.45, 2.75) is 27.2 Å². The highest BCUT2D eigenvalue weighted by Crippen LogP contribution is 2.25. The summed E-state index contributed by atoms with van der Waals surface area (Å²) in [5, 5.41) is 8.61. The number of methoxy groups -OCH3 is 1. The molecule has 1 N–H and O–H groups in total. The van der Waals surface area contributed by atoms with Crippen LogP contribution in [0.2, 0.25) is 5.02 Å². The molecule has 0 saturated heterocycles. The number of benzene rings is 2. The molecular weight excluding hydrogens is 412 g/mol. The molecule has 0 saturated carbocycles. The number of aliphatic imine (C=N–C) groups is 1. The zero-order chi connectivity index (χ0) is 23.4. The molecule has 0 atom stereocenters. The molecule has 2 aromatic rings. The smallest absolute Gasteiger partial charge is 0.330 e. The molecule has 0 aliphatic carbocycles. The third kappa shape index (κ3) is 8.69. The summed E-state index contributed by atoms with van der Waals surface area (Å²) in [5.74, 6) is -0.0819. The number of carbonyl (C=O) groups is 1. The average Bonchev–Trinajstić information content (AvgIpc) is 2.75. The van der Waals surface area contributed by atoms with E-state index in [0.29, 0.717) is 6.67 Å². The molecule has 0 spiro atoms. The summed E-state index contributed by atoms with van der Waals surface area (Å²) >= 11 is 6.08. The largest absolute Gasteiger partial charge is 0.497 e. The van der Waals surface area contributed by atoms with Gasteiger partial charge in [-0.3, -0.25) is 4.99 Å². The Balaban J connectivity index is 0.000000455. The summed E-state index contributed by atoms with van der Waals surface area (Å²) in [6, 6.07) is 15.8. The lowest BCUT2D eigenvalue weighted by molar-refractivity contribution is -0.132. The maximum absolute atomic E-state index is 9.60. The molecule has 0 amide bonds. The van der Waals surface area contributed by atoms with Crippen molar-refractivity contribution in [1.29, 1.82) is 0 Å². The summed E-state index contributed by atoms with van der Waals surface area (Å²) in [6.07, 6.45) is 3.34. The Morgan fingerprint density at radius 3 is 2.26 bits per heavy atom. The number of carboxylic acids is 1. The Kier molecular flexibility index (Phi) is 11.1. The van der Waals surface area contributed by atoms with E-state index in [1.165, 1.54) is 13.3 Å². The molecule has 0 aromatic heterocycles. The number of allylic oxidation sites excluding steroid dienone is 1. The van der Waals surface area contributed by atoms with Crippen LogP contribution in [0.15, 0.2) is 71.8 Å². The first-order valence-corrected chi connectivity index (χ1v) is 10.4. The quantitative estimate of drug-likeness (QED) is 0.577. The van der Waals surface area contributed by atoms with Crippen molar-refractivity contribution in [3.63, 3.8) is 0 Å². The van der Waals surface area contributed by atoms with Crippen LogP contribution in [-0.4, -0.2) is 42.5 Å². The van der Waals surface area contributed by atoms with E-state index in [2.05, 4.69) is 48.5 Å². The van der Waals surface area contributed by atoms with Gasteiger partial charge in [0.25, 0.3) is 0 Å². The second-order valence-electron chi connectivity index (χ2n) is 6.94. The lowest BCUT2D eigenvalue weighted by Crippen LogP contribution is -2.23. The third-order valence-electron chi connectivity index (χ3n) is 4.01. The molecule has 1 heterocycles. The van der Waals surface area contributed by atoms with Gasteiger partial charge in [0, 0.05) is 28.9 Å². The summed E-state index contributed by atoms with van der Waals surface area (Å²) in [6.45, 7) is 9.48. The molecule has 0 unspecified atom stereocenters. The second-order valence-corrected chi connectivity index (χ2v) is 7.38. The van der Waals surface area contributed by atoms with Crippen LogP contribution in [0.3, 0.4) is 0 Å². The molecule has 3 rings (SSSR count). The molecule has 0 bridgehead atoms. The molecule has 2 aromatic carbocycles. The van der Waals surface area contributed by atoms with Gasteiger partial charge in [-0.1, -0.05) is 50.6 Å². The van der Waals surface area contributed by atoms with Crippen molar-refractivity contribution in [3.05, 3.63) is 82.9 Å². The Hall–Kier alpha value is -3.05. The fourth-order valence-corrected chi connectivity index (χ4v) is 2.62. The fourth-order valence-electron chi connectivity index (χ4n) is 2.43. The molecule has 0 radical (unpaired) electrons. The molecule has 6 heteroatoms. The van der Waals surface area contributed by atoms with Gasteiger partial charge < -0.3 is 14.7 Å². The highest BCUT2D eigenvalue weighted by atomic mass is 35.5. The van der Waals surface area contributed by atoms with Crippen molar-refractivity contribution >= 4 is 29.0 Å². The molecule has 1 aliphatic rings. The molecule has 5 nitrogen and oxygen atoms in total. The Morgan fingerprint density at radius 2 is 1.77 bits per heavy atom. The van der Waals surface area contributed by atoms with Gasteiger partial charge in [0.15, 0.2) is 0 Å². The number of aliphatic carboxylic acids is 1. The molecule has 0 fully saturated rings. The monoisotopic (exact) mass is 442 g/mol. The number of rotatable bonds is 4. The first-order chi connectivity index (χ1) is 14.7. The van der Waals surface area contributed by atoms with E-state index in [0.717, 1.165) is 33.3 Å². The first-order valence-electron chi connectivity index (χ1n) is 9.99. The standard InChI is InChI=1S/C18H17ClN2O.C4H6O2.C3H8/c1-21-12-20-17(14-4-3-5-15(19)10-14)11-18(21)13-6-8-16(22-2)9-7-13;1-3(2)4(5)6;1-3-2/h3-11H,12H2,1-2H3;1H2,2H3,(H,5,6);3H2,1-2H3. The minimum atomic E-state index is -0.935. The summed E-state index contributed by atoms with van der Waals surface area (Å²) in [7, 11) is 3.71. The normalized spacial score (nSPS) is 12.3. The van der Waals surface area contributed by atoms with E-state index in [4.69, 9.17) is 21.4 Å². The Morgan fingerprint density at radius 1 is 1.19 bits per heavy atom. The number of hydrogen-bond acceptors (Lipinski definition) is 4. The van der Waals surface area contributed by atoms with Crippen molar-refractivity contribution in [3.8, 4) is 5.75 Å². The van der Waals surface area contributed by atoms with Crippen LogP contribution in [-0.2, 0) is 4.79 Å². The van der Waals surface area contributed by atoms with E-state index < -0.39 is 5.97 Å². The van der Waals surface area contributed by atoms with Crippen LogP contribution in [0.5, 0.6) is 5.75 Å². The van der Waals surface area contributed by atoms with Crippen LogP contribution >= 0.6 is 11.6 Å². The highest BCUT2D eigenvalue weighted by molar-refractivity contribution is 6.31. The van der Waals surface area contributed by atoms with E-state index in [1.54, 1.807) is 7.11 Å². The van der Waals surface area contributed by atoms with E-state index in [-0.39, 0.29) is 5.57 Å². The predicted octanol–water partition coefficient (Wildman–Crippen LogP) is 6.15. The van der Waals surface area contributed by atoms with Crippen molar-refractivity contribution in [2.75, 3.05) is 20.8 Å². The summed E-state index contributed by atoms with van der Waals surface area (Å²) in [5.41, 5.74) is 4.43. The maximum Gasteiger partial charge on any atom is 0.330 e. The van der Waals surface area contributed by atoms with Crippen LogP contribution in [0.25, 0.3) is 5.70 Å². The molecular formula is C25H31ClN2O3. The van der Waals surface area contributed by atoms with Crippen LogP contribution in [0, 0.1) is 0 Å². The van der Waals surface area contributed by atoms with Crippen LogP contribution in [0.4, 0.5) is 0 Å². The topological polar surface area (TPSA) is 62.1 Å². The van der Waals surface area contributed by atoms with Crippen molar-refractivity contribution in [1.82, 2.24) is 4.90 Å². The molecule has 166 valence electrons. The van der Waals surface area contributed by atoms with E-state index >= 15 is 0 Å². The average molecular weight is 443 g/mol. The van der Waals surface area contributed by atoms with Gasteiger partial charge >= 0.3 is 5.97 Å². The number of carboxylic acid groups (broad SMARTS) is 1. The minimum Gasteiger partial charge on any atom is -0.497 e. The zero-order valence-electron chi connectivity index (χ0n) is 18.9. The van der Waals surface area contributed by atoms with Gasteiger partial charge in [0.05, 0.1) is 12.8 Å². The Bertz CT molecular complexity index is 922. The van der Waals surface area contributed by atoms with Crippen molar-refractivity contribution < 1.29 is 14.6 Å². The molecule has 31 heavy (non-hydrogen) atoms. The second kappa shape index (κ2) is 13.3. The lowest BCUT2D eigenvalue weighted by atomic mass is 10.0. The predicted molar refractivity (Wildman–Crippen MR) is 130 cm³/mol. The summed E-state index contributed by atoms with van der Waals surface area (Å²) < 4.78 is 5.22.